The fourth-order valence-electron chi connectivity index (χ4n) is 0.655. The minimum absolute atomic E-state index is 0.167. The molecule has 0 spiro atoms. The van der Waals surface area contributed by atoms with Gasteiger partial charge in [-0.15, -0.1) is 0 Å². The molecule has 3 N–H and O–H groups in total. The number of rotatable bonds is 5. The van der Waals surface area contributed by atoms with E-state index < -0.39 is 0 Å². The Morgan fingerprint density at radius 2 is 2.40 bits per heavy atom. The van der Waals surface area contributed by atoms with Crippen molar-refractivity contribution >= 4 is 17.7 Å². The summed E-state index contributed by atoms with van der Waals surface area (Å²) in [5, 5.41) is 2.99. The zero-order valence-corrected chi connectivity index (χ0v) is 7.20. The molecule has 0 rings (SSSR count). The van der Waals surface area contributed by atoms with Gasteiger partial charge in [-0.1, -0.05) is 6.92 Å². The minimum atomic E-state index is -0.267. The van der Waals surface area contributed by atoms with E-state index in [9.17, 15) is 4.79 Å². The number of nitrogens with one attached hydrogen (secondary N) is 1. The molecule has 0 bridgehead atoms. The van der Waals surface area contributed by atoms with Crippen LogP contribution in [0.3, 0.4) is 0 Å². The summed E-state index contributed by atoms with van der Waals surface area (Å²) in [6, 6.07) is -0.167. The average Bonchev–Trinajstić information content (AvgIpc) is 1.87. The number of carbonyl (C=O) groups is 1. The van der Waals surface area contributed by atoms with Gasteiger partial charge in [0.1, 0.15) is 0 Å². The Labute approximate surface area is 65.7 Å². The van der Waals surface area contributed by atoms with Crippen LogP contribution in [0.25, 0.3) is 0 Å². The molecule has 0 heterocycles. The number of thioether (sulfide) groups is 1. The van der Waals surface area contributed by atoms with Crippen molar-refractivity contribution < 1.29 is 4.79 Å². The number of nitrogens with two attached hydrogens (primary N) is 1. The highest BCUT2D eigenvalue weighted by molar-refractivity contribution is 7.98. The van der Waals surface area contributed by atoms with Crippen molar-refractivity contribution in [1.82, 2.24) is 5.32 Å². The molecule has 0 aliphatic rings. The summed E-state index contributed by atoms with van der Waals surface area (Å²) in [5.74, 6) is 0.486. The van der Waals surface area contributed by atoms with Gasteiger partial charge in [-0.2, -0.15) is 11.8 Å². The molecule has 10 heavy (non-hydrogen) atoms. The number of hydrogen-bond donors (Lipinski definition) is 2. The maximum Gasteiger partial charge on any atom is 0.235 e. The van der Waals surface area contributed by atoms with E-state index in [0.717, 1.165) is 12.3 Å². The predicted molar refractivity (Wildman–Crippen MR) is 45.0 cm³/mol. The quantitative estimate of drug-likeness (QED) is 0.589. The average molecular weight is 162 g/mol. The second-order valence-corrected chi connectivity index (χ2v) is 2.88. The third-order valence-corrected chi connectivity index (χ3v) is 1.79. The molecule has 0 saturated heterocycles. The van der Waals surface area contributed by atoms with Crippen molar-refractivity contribution in [2.75, 3.05) is 18.6 Å². The number of amides is 1. The van der Waals surface area contributed by atoms with Gasteiger partial charge in [0, 0.05) is 5.75 Å². The van der Waals surface area contributed by atoms with Crippen molar-refractivity contribution in [2.45, 2.75) is 13.0 Å². The highest BCUT2D eigenvalue weighted by Gasteiger charge is 2.11. The fourth-order valence-corrected chi connectivity index (χ4v) is 1.27. The summed E-state index contributed by atoms with van der Waals surface area (Å²) in [7, 11) is 0. The van der Waals surface area contributed by atoms with E-state index in [1.807, 2.05) is 13.2 Å². The van der Waals surface area contributed by atoms with E-state index in [1.54, 1.807) is 11.8 Å². The first-order valence-corrected chi connectivity index (χ1v) is 4.63. The van der Waals surface area contributed by atoms with E-state index in [-0.39, 0.29) is 11.9 Å². The summed E-state index contributed by atoms with van der Waals surface area (Å²) >= 11 is 1.61. The van der Waals surface area contributed by atoms with Crippen molar-refractivity contribution in [2.24, 2.45) is 5.73 Å². The molecular formula is C6H14N2OS. The van der Waals surface area contributed by atoms with Crippen molar-refractivity contribution in [3.8, 4) is 0 Å². The predicted octanol–water partition coefficient (Wildman–Crippen LogP) is -0.187. The van der Waals surface area contributed by atoms with Crippen molar-refractivity contribution in [3.63, 3.8) is 0 Å². The second kappa shape index (κ2) is 5.56. The topological polar surface area (TPSA) is 55.1 Å². The van der Waals surface area contributed by atoms with Gasteiger partial charge in [-0.3, -0.25) is 4.79 Å². The molecule has 0 aromatic rings. The molecule has 1 unspecified atom stereocenters. The first-order chi connectivity index (χ1) is 4.72. The van der Waals surface area contributed by atoms with E-state index >= 15 is 0 Å². The van der Waals surface area contributed by atoms with Gasteiger partial charge in [-0.05, 0) is 12.8 Å². The van der Waals surface area contributed by atoms with Crippen LogP contribution in [0.4, 0.5) is 0 Å². The number of primary amides is 1. The lowest BCUT2D eigenvalue weighted by molar-refractivity contribution is -0.119. The lowest BCUT2D eigenvalue weighted by Gasteiger charge is -2.11. The van der Waals surface area contributed by atoms with Gasteiger partial charge in [0.05, 0.1) is 6.04 Å². The monoisotopic (exact) mass is 162 g/mol. The molecule has 0 saturated carbocycles. The maximum absolute atomic E-state index is 10.6. The second-order valence-electron chi connectivity index (χ2n) is 1.97. The number of likely N-dealkylation sites (N-methyl/N-ethyl adjacent to an activating group) is 1. The van der Waals surface area contributed by atoms with Crippen LogP contribution >= 0.6 is 11.8 Å². The lowest BCUT2D eigenvalue weighted by atomic mass is 10.3. The zero-order valence-electron chi connectivity index (χ0n) is 6.39. The highest BCUT2D eigenvalue weighted by atomic mass is 32.2. The maximum atomic E-state index is 10.6. The summed E-state index contributed by atoms with van der Waals surface area (Å²) < 4.78 is 0. The third-order valence-electron chi connectivity index (χ3n) is 1.13. The smallest absolute Gasteiger partial charge is 0.235 e. The molecule has 0 aliphatic heterocycles. The van der Waals surface area contributed by atoms with E-state index in [1.165, 1.54) is 0 Å². The molecule has 60 valence electrons. The molecule has 3 nitrogen and oxygen atoms in total. The standard InChI is InChI=1S/C6H14N2OS/c1-3-8-5(4-10-2)6(7)9/h5,8H,3-4H2,1-2H3,(H2,7,9). The van der Waals surface area contributed by atoms with Crippen LogP contribution < -0.4 is 11.1 Å². The van der Waals surface area contributed by atoms with Crippen molar-refractivity contribution in [3.05, 3.63) is 0 Å². The van der Waals surface area contributed by atoms with Crippen LogP contribution in [-0.4, -0.2) is 30.5 Å². The first kappa shape index (κ1) is 9.78. The summed E-state index contributed by atoms with van der Waals surface area (Å²) in [5.41, 5.74) is 5.09. The molecule has 1 atom stereocenters. The first-order valence-electron chi connectivity index (χ1n) is 3.24. The van der Waals surface area contributed by atoms with Crippen LogP contribution in [0.1, 0.15) is 6.92 Å². The summed E-state index contributed by atoms with van der Waals surface area (Å²) in [4.78, 5) is 10.6. The van der Waals surface area contributed by atoms with Gasteiger partial charge in [-0.25, -0.2) is 0 Å². The normalized spacial score (nSPS) is 13.0. The molecule has 0 aromatic carbocycles. The van der Waals surface area contributed by atoms with Gasteiger partial charge in [0.15, 0.2) is 0 Å². The van der Waals surface area contributed by atoms with Crippen LogP contribution in [0.2, 0.25) is 0 Å². The van der Waals surface area contributed by atoms with Gasteiger partial charge >= 0.3 is 0 Å². The Hall–Kier alpha value is -0.220. The Morgan fingerprint density at radius 3 is 2.70 bits per heavy atom. The van der Waals surface area contributed by atoms with Gasteiger partial charge in [0.2, 0.25) is 5.91 Å². The lowest BCUT2D eigenvalue weighted by Crippen LogP contribution is -2.42. The Balaban J connectivity index is 3.61. The summed E-state index contributed by atoms with van der Waals surface area (Å²) in [6.45, 7) is 2.74. The van der Waals surface area contributed by atoms with Crippen LogP contribution in [0.5, 0.6) is 0 Å². The van der Waals surface area contributed by atoms with E-state index in [4.69, 9.17) is 5.73 Å². The zero-order chi connectivity index (χ0) is 7.98. The van der Waals surface area contributed by atoms with Crippen LogP contribution in [0.15, 0.2) is 0 Å². The molecule has 1 amide bonds. The number of carbonyl (C=O) groups excluding carboxylic acids is 1. The Kier molecular flexibility index (Phi) is 5.43. The van der Waals surface area contributed by atoms with E-state index in [2.05, 4.69) is 5.32 Å². The molecular weight excluding hydrogens is 148 g/mol. The third kappa shape index (κ3) is 3.74. The van der Waals surface area contributed by atoms with Gasteiger partial charge in [0.25, 0.3) is 0 Å². The molecule has 0 fully saturated rings. The van der Waals surface area contributed by atoms with Crippen LogP contribution in [-0.2, 0) is 4.79 Å². The van der Waals surface area contributed by atoms with Crippen LogP contribution in [0, 0.1) is 0 Å². The molecule has 0 radical (unpaired) electrons. The Bertz CT molecular complexity index is 102. The molecule has 0 aliphatic carbocycles. The van der Waals surface area contributed by atoms with E-state index in [0.29, 0.717) is 0 Å². The molecule has 4 heteroatoms. The Morgan fingerprint density at radius 1 is 1.80 bits per heavy atom. The fraction of sp³-hybridized carbons (Fsp3) is 0.833. The largest absolute Gasteiger partial charge is 0.368 e. The van der Waals surface area contributed by atoms with Gasteiger partial charge < -0.3 is 11.1 Å². The highest BCUT2D eigenvalue weighted by Crippen LogP contribution is 1.95. The minimum Gasteiger partial charge on any atom is -0.368 e. The summed E-state index contributed by atoms with van der Waals surface area (Å²) in [6.07, 6.45) is 1.95. The SMILES string of the molecule is CCNC(CSC)C(N)=O. The molecule has 0 aromatic heterocycles. The van der Waals surface area contributed by atoms with Crippen molar-refractivity contribution in [1.29, 1.82) is 0 Å². The number of hydrogen-bond acceptors (Lipinski definition) is 3.